The molecule has 0 saturated carbocycles. The number of thiophene rings is 2. The van der Waals surface area contributed by atoms with Crippen molar-refractivity contribution in [2.75, 3.05) is 6.54 Å². The third-order valence-corrected chi connectivity index (χ3v) is 6.73. The monoisotopic (exact) mass is 421 g/mol. The number of aryl methyl sites for hydroxylation is 3. The van der Waals surface area contributed by atoms with Crippen LogP contribution in [-0.4, -0.2) is 26.9 Å². The van der Waals surface area contributed by atoms with E-state index in [-0.39, 0.29) is 17.9 Å². The van der Waals surface area contributed by atoms with Crippen LogP contribution in [0.15, 0.2) is 35.9 Å². The summed E-state index contributed by atoms with van der Waals surface area (Å²) in [6.07, 6.45) is 3.46. The Morgan fingerprint density at radius 2 is 2.15 bits per heavy atom. The molecule has 0 aliphatic heterocycles. The topological polar surface area (TPSA) is 55.2 Å². The van der Waals surface area contributed by atoms with Crippen molar-refractivity contribution < 1.29 is 4.79 Å². The summed E-state index contributed by atoms with van der Waals surface area (Å²) >= 11 is 8.95. The van der Waals surface area contributed by atoms with E-state index in [1.54, 1.807) is 11.0 Å². The van der Waals surface area contributed by atoms with Gasteiger partial charge < -0.3 is 4.90 Å². The van der Waals surface area contributed by atoms with Crippen molar-refractivity contribution in [3.05, 3.63) is 61.1 Å². The number of hydrogen-bond acceptors (Lipinski definition) is 5. The molecular weight excluding hydrogens is 402 g/mol. The zero-order valence-electron chi connectivity index (χ0n) is 15.2. The van der Waals surface area contributed by atoms with Crippen molar-refractivity contribution in [1.29, 1.82) is 0 Å². The number of aromatic nitrogens is 2. The number of carbonyl (C=O) groups is 1. The second-order valence-corrected chi connectivity index (χ2v) is 9.23. The Labute approximate surface area is 170 Å². The summed E-state index contributed by atoms with van der Waals surface area (Å²) < 4.78 is 2.22. The molecule has 0 N–H and O–H groups in total. The summed E-state index contributed by atoms with van der Waals surface area (Å²) in [7, 11) is 0. The van der Waals surface area contributed by atoms with E-state index >= 15 is 0 Å². The number of amides is 1. The molecule has 1 amide bonds. The molecule has 0 spiro atoms. The maximum absolute atomic E-state index is 12.7. The number of carbonyl (C=O) groups excluding carboxylic acids is 1. The molecule has 3 heterocycles. The normalized spacial score (nSPS) is 11.1. The van der Waals surface area contributed by atoms with Crippen LogP contribution in [0.5, 0.6) is 0 Å². The third kappa shape index (κ3) is 4.31. The van der Waals surface area contributed by atoms with E-state index in [2.05, 4.69) is 11.6 Å². The van der Waals surface area contributed by atoms with Crippen LogP contribution in [-0.2, 0) is 17.9 Å². The molecule has 3 aromatic rings. The first-order valence-electron chi connectivity index (χ1n) is 8.48. The molecule has 3 aromatic heterocycles. The first-order chi connectivity index (χ1) is 12.9. The van der Waals surface area contributed by atoms with E-state index in [0.717, 1.165) is 20.1 Å². The molecule has 8 heteroatoms. The average molecular weight is 422 g/mol. The zero-order chi connectivity index (χ0) is 19.6. The maximum atomic E-state index is 12.7. The Kier molecular flexibility index (Phi) is 6.14. The highest BCUT2D eigenvalue weighted by atomic mass is 35.5. The first-order valence-corrected chi connectivity index (χ1v) is 10.5. The molecule has 0 aliphatic rings. The Hall–Kier alpha value is -1.96. The lowest BCUT2D eigenvalue weighted by atomic mass is 10.2. The summed E-state index contributed by atoms with van der Waals surface area (Å²) in [5, 5.41) is 0.656. The molecule has 0 aliphatic carbocycles. The Morgan fingerprint density at radius 3 is 2.81 bits per heavy atom. The molecule has 27 heavy (non-hydrogen) atoms. The Bertz CT molecular complexity index is 1050. The summed E-state index contributed by atoms with van der Waals surface area (Å²) in [6.45, 7) is 8.88. The van der Waals surface area contributed by atoms with Crippen LogP contribution >= 0.6 is 34.3 Å². The van der Waals surface area contributed by atoms with Crippen molar-refractivity contribution in [1.82, 2.24) is 14.5 Å². The van der Waals surface area contributed by atoms with Gasteiger partial charge in [-0.2, -0.15) is 0 Å². The zero-order valence-corrected chi connectivity index (χ0v) is 17.6. The van der Waals surface area contributed by atoms with Gasteiger partial charge >= 0.3 is 0 Å². The molecule has 0 radical (unpaired) electrons. The lowest BCUT2D eigenvalue weighted by Crippen LogP contribution is -2.32. The largest absolute Gasteiger partial charge is 0.334 e. The maximum Gasteiger partial charge on any atom is 0.262 e. The van der Waals surface area contributed by atoms with Gasteiger partial charge in [-0.1, -0.05) is 17.7 Å². The molecule has 0 fully saturated rings. The van der Waals surface area contributed by atoms with Crippen LogP contribution in [0.1, 0.15) is 21.7 Å². The third-order valence-electron chi connectivity index (χ3n) is 4.40. The number of fused-ring (bicyclic) bond motifs is 1. The summed E-state index contributed by atoms with van der Waals surface area (Å²) in [4.78, 5) is 34.4. The second-order valence-electron chi connectivity index (χ2n) is 6.23. The van der Waals surface area contributed by atoms with E-state index in [9.17, 15) is 9.59 Å². The predicted molar refractivity (Wildman–Crippen MR) is 113 cm³/mol. The lowest BCUT2D eigenvalue weighted by Gasteiger charge is -2.20. The number of halogens is 1. The number of rotatable bonds is 7. The predicted octanol–water partition coefficient (Wildman–Crippen LogP) is 4.39. The highest BCUT2D eigenvalue weighted by molar-refractivity contribution is 7.18. The fourth-order valence-corrected chi connectivity index (χ4v) is 4.93. The van der Waals surface area contributed by atoms with Gasteiger partial charge in [-0.05, 0) is 31.5 Å². The van der Waals surface area contributed by atoms with E-state index < -0.39 is 0 Å². The molecular formula is C19H20ClN3O2S2. The van der Waals surface area contributed by atoms with Crippen molar-refractivity contribution in [2.24, 2.45) is 0 Å². The van der Waals surface area contributed by atoms with Crippen molar-refractivity contribution >= 4 is 50.4 Å². The van der Waals surface area contributed by atoms with Crippen molar-refractivity contribution in [3.63, 3.8) is 0 Å². The summed E-state index contributed by atoms with van der Waals surface area (Å²) in [6, 6.07) is 3.74. The minimum absolute atomic E-state index is 0.0374. The van der Waals surface area contributed by atoms with Gasteiger partial charge in [0.15, 0.2) is 0 Å². The smallest absolute Gasteiger partial charge is 0.262 e. The van der Waals surface area contributed by atoms with Gasteiger partial charge in [0.1, 0.15) is 4.83 Å². The van der Waals surface area contributed by atoms with Crippen LogP contribution in [0.2, 0.25) is 4.34 Å². The molecule has 0 bridgehead atoms. The van der Waals surface area contributed by atoms with Crippen LogP contribution in [0, 0.1) is 13.8 Å². The minimum Gasteiger partial charge on any atom is -0.334 e. The molecule has 0 atom stereocenters. The van der Waals surface area contributed by atoms with Crippen LogP contribution in [0.25, 0.3) is 10.2 Å². The standard InChI is InChI=1S/C19H20ClN3O2S2/c1-4-8-22(10-14-5-6-15(20)27-14)16(24)7-9-23-11-21-18-17(19(23)25)12(2)13(3)26-18/h4-6,11H,1,7-10H2,2-3H3. The highest BCUT2D eigenvalue weighted by Crippen LogP contribution is 2.25. The van der Waals surface area contributed by atoms with Gasteiger partial charge in [-0.15, -0.1) is 29.3 Å². The fourth-order valence-electron chi connectivity index (χ4n) is 2.84. The molecule has 142 valence electrons. The lowest BCUT2D eigenvalue weighted by molar-refractivity contribution is -0.131. The van der Waals surface area contributed by atoms with Gasteiger partial charge in [-0.25, -0.2) is 4.98 Å². The molecule has 3 rings (SSSR count). The highest BCUT2D eigenvalue weighted by Gasteiger charge is 2.16. The molecule has 0 saturated heterocycles. The van der Waals surface area contributed by atoms with Gasteiger partial charge in [0.2, 0.25) is 5.91 Å². The van der Waals surface area contributed by atoms with Crippen LogP contribution in [0.4, 0.5) is 0 Å². The number of nitrogens with zero attached hydrogens (tertiary/aromatic N) is 3. The Morgan fingerprint density at radius 1 is 1.37 bits per heavy atom. The Balaban J connectivity index is 1.74. The second kappa shape index (κ2) is 8.37. The van der Waals surface area contributed by atoms with Crippen molar-refractivity contribution in [3.8, 4) is 0 Å². The van der Waals surface area contributed by atoms with Gasteiger partial charge in [0.25, 0.3) is 5.56 Å². The fraction of sp³-hybridized carbons (Fsp3) is 0.316. The van der Waals surface area contributed by atoms with Gasteiger partial charge in [-0.3, -0.25) is 14.2 Å². The van der Waals surface area contributed by atoms with Crippen molar-refractivity contribution in [2.45, 2.75) is 33.4 Å². The minimum atomic E-state index is -0.0880. The quantitative estimate of drug-likeness (QED) is 0.531. The summed E-state index contributed by atoms with van der Waals surface area (Å²) in [5.74, 6) is -0.0374. The molecule has 0 aromatic carbocycles. The van der Waals surface area contributed by atoms with E-state index in [4.69, 9.17) is 11.6 Å². The average Bonchev–Trinajstić information content (AvgIpc) is 3.17. The van der Waals surface area contributed by atoms with Crippen LogP contribution < -0.4 is 5.56 Å². The molecule has 0 unspecified atom stereocenters. The van der Waals surface area contributed by atoms with E-state index in [0.29, 0.717) is 29.4 Å². The van der Waals surface area contributed by atoms with E-state index in [1.807, 2.05) is 26.0 Å². The summed E-state index contributed by atoms with van der Waals surface area (Å²) in [5.41, 5.74) is 0.881. The first kappa shape index (κ1) is 19.8. The van der Waals surface area contributed by atoms with Gasteiger partial charge in [0, 0.05) is 29.3 Å². The molecule has 5 nitrogen and oxygen atoms in total. The SMILES string of the molecule is C=CCN(Cc1ccc(Cl)s1)C(=O)CCn1cnc2sc(C)c(C)c2c1=O. The number of hydrogen-bond donors (Lipinski definition) is 0. The van der Waals surface area contributed by atoms with Crippen LogP contribution in [0.3, 0.4) is 0 Å². The van der Waals surface area contributed by atoms with Gasteiger partial charge in [0.05, 0.1) is 22.6 Å². The van der Waals surface area contributed by atoms with E-state index in [1.165, 1.54) is 33.6 Å².